The van der Waals surface area contributed by atoms with Crippen molar-refractivity contribution in [1.29, 1.82) is 0 Å². The van der Waals surface area contributed by atoms with Gasteiger partial charge in [0.2, 0.25) is 0 Å². The van der Waals surface area contributed by atoms with Crippen molar-refractivity contribution in [1.82, 2.24) is 0 Å². The van der Waals surface area contributed by atoms with Crippen LogP contribution in [0.2, 0.25) is 0 Å². The summed E-state index contributed by atoms with van der Waals surface area (Å²) in [7, 11) is 0. The molecule has 0 saturated carbocycles. The molecule has 7 nitrogen and oxygen atoms in total. The van der Waals surface area contributed by atoms with Crippen LogP contribution in [0.1, 0.15) is 34.1 Å². The van der Waals surface area contributed by atoms with E-state index < -0.39 is 30.3 Å². The van der Waals surface area contributed by atoms with Gasteiger partial charge in [-0.3, -0.25) is 0 Å². The number of carbonyl (C=O) groups is 2. The van der Waals surface area contributed by atoms with Gasteiger partial charge in [-0.15, -0.1) is 0 Å². The summed E-state index contributed by atoms with van der Waals surface area (Å²) >= 11 is 0. The summed E-state index contributed by atoms with van der Waals surface area (Å²) < 4.78 is 16.2. The number of benzene rings is 2. The number of aliphatic hydroxyl groups is 2. The second kappa shape index (κ2) is 12.0. The molecule has 156 valence electrons. The van der Waals surface area contributed by atoms with Crippen LogP contribution in [-0.4, -0.2) is 60.3 Å². The number of rotatable bonds is 11. The Labute approximate surface area is 169 Å². The van der Waals surface area contributed by atoms with Crippen molar-refractivity contribution in [3.8, 4) is 0 Å². The maximum absolute atomic E-state index is 12.4. The first-order chi connectivity index (χ1) is 14.0. The minimum atomic E-state index is -0.832. The van der Waals surface area contributed by atoms with E-state index in [0.29, 0.717) is 11.1 Å². The van der Waals surface area contributed by atoms with Crippen molar-refractivity contribution < 1.29 is 34.0 Å². The van der Waals surface area contributed by atoms with E-state index >= 15 is 0 Å². The van der Waals surface area contributed by atoms with Crippen LogP contribution in [0, 0.1) is 0 Å². The highest BCUT2D eigenvalue weighted by Crippen LogP contribution is 2.13. The standard InChI is InChI=1S/C22H26O7/c1-16(24)14-27-19(13-23)12-20(29-22(26)18-10-6-3-7-11-18)15-28-21(25)17-8-4-2-5-9-17/h2-11,16,19-20,23-24H,12-15H2,1H3. The molecule has 2 aromatic rings. The molecule has 3 atom stereocenters. The third-order valence-electron chi connectivity index (χ3n) is 4.00. The number of ether oxygens (including phenoxy) is 3. The zero-order chi connectivity index (χ0) is 21.1. The topological polar surface area (TPSA) is 102 Å². The molecule has 29 heavy (non-hydrogen) atoms. The first kappa shape index (κ1) is 22.5. The first-order valence-corrected chi connectivity index (χ1v) is 9.38. The van der Waals surface area contributed by atoms with Crippen LogP contribution in [0.25, 0.3) is 0 Å². The number of aliphatic hydroxyl groups excluding tert-OH is 2. The first-order valence-electron chi connectivity index (χ1n) is 9.38. The van der Waals surface area contributed by atoms with Gasteiger partial charge in [-0.1, -0.05) is 36.4 Å². The van der Waals surface area contributed by atoms with Crippen LogP contribution in [0.4, 0.5) is 0 Å². The van der Waals surface area contributed by atoms with Gasteiger partial charge in [0.25, 0.3) is 0 Å². The highest BCUT2D eigenvalue weighted by molar-refractivity contribution is 5.90. The minimum absolute atomic E-state index is 0.0222. The molecular formula is C22H26O7. The Morgan fingerprint density at radius 1 is 0.862 bits per heavy atom. The average Bonchev–Trinajstić information content (AvgIpc) is 2.75. The summed E-state index contributed by atoms with van der Waals surface area (Å²) in [6.45, 7) is 1.05. The fourth-order valence-corrected chi connectivity index (χ4v) is 2.53. The van der Waals surface area contributed by atoms with Crippen LogP contribution >= 0.6 is 0 Å². The lowest BCUT2D eigenvalue weighted by molar-refractivity contribution is -0.0611. The summed E-state index contributed by atoms with van der Waals surface area (Å²) in [4.78, 5) is 24.6. The van der Waals surface area contributed by atoms with Crippen molar-refractivity contribution in [3.63, 3.8) is 0 Å². The van der Waals surface area contributed by atoms with Crippen molar-refractivity contribution in [2.24, 2.45) is 0 Å². The van der Waals surface area contributed by atoms with Gasteiger partial charge in [-0.2, -0.15) is 0 Å². The van der Waals surface area contributed by atoms with Crippen LogP contribution in [0.3, 0.4) is 0 Å². The van der Waals surface area contributed by atoms with Gasteiger partial charge in [0.15, 0.2) is 0 Å². The number of hydrogen-bond donors (Lipinski definition) is 2. The number of carbonyl (C=O) groups excluding carboxylic acids is 2. The van der Waals surface area contributed by atoms with Crippen molar-refractivity contribution in [2.75, 3.05) is 19.8 Å². The maximum atomic E-state index is 12.4. The number of esters is 2. The smallest absolute Gasteiger partial charge is 0.338 e. The third-order valence-corrected chi connectivity index (χ3v) is 4.00. The largest absolute Gasteiger partial charge is 0.458 e. The normalized spacial score (nSPS) is 13.9. The molecular weight excluding hydrogens is 376 g/mol. The Hall–Kier alpha value is -2.74. The summed E-state index contributed by atoms with van der Waals surface area (Å²) in [5, 5.41) is 18.9. The lowest BCUT2D eigenvalue weighted by atomic mass is 10.1. The summed E-state index contributed by atoms with van der Waals surface area (Å²) in [6, 6.07) is 16.9. The Morgan fingerprint density at radius 3 is 1.93 bits per heavy atom. The molecule has 3 unspecified atom stereocenters. The van der Waals surface area contributed by atoms with Gasteiger partial charge in [-0.25, -0.2) is 9.59 Å². The Morgan fingerprint density at radius 2 is 1.41 bits per heavy atom. The predicted molar refractivity (Wildman–Crippen MR) is 105 cm³/mol. The highest BCUT2D eigenvalue weighted by Gasteiger charge is 2.23. The Balaban J connectivity index is 2.02. The molecule has 0 spiro atoms. The van der Waals surface area contributed by atoms with Gasteiger partial charge >= 0.3 is 11.9 Å². The van der Waals surface area contributed by atoms with Gasteiger partial charge in [0.1, 0.15) is 12.7 Å². The van der Waals surface area contributed by atoms with E-state index in [1.165, 1.54) is 0 Å². The molecule has 0 heterocycles. The summed E-state index contributed by atoms with van der Waals surface area (Å²) in [5.74, 6) is -1.12. The lowest BCUT2D eigenvalue weighted by Crippen LogP contribution is -2.33. The van der Waals surface area contributed by atoms with Crippen LogP contribution in [-0.2, 0) is 14.2 Å². The van der Waals surface area contributed by atoms with Crippen molar-refractivity contribution in [2.45, 2.75) is 31.7 Å². The second-order valence-electron chi connectivity index (χ2n) is 6.58. The maximum Gasteiger partial charge on any atom is 0.338 e. The second-order valence-corrected chi connectivity index (χ2v) is 6.58. The predicted octanol–water partition coefficient (Wildman–Crippen LogP) is 2.22. The van der Waals surface area contributed by atoms with E-state index in [1.807, 2.05) is 0 Å². The molecule has 0 aliphatic rings. The lowest BCUT2D eigenvalue weighted by Gasteiger charge is -2.23. The molecule has 7 heteroatoms. The van der Waals surface area contributed by atoms with Gasteiger partial charge in [-0.05, 0) is 31.2 Å². The zero-order valence-electron chi connectivity index (χ0n) is 16.3. The van der Waals surface area contributed by atoms with Crippen LogP contribution in [0.15, 0.2) is 60.7 Å². The quantitative estimate of drug-likeness (QED) is 0.556. The molecule has 2 N–H and O–H groups in total. The highest BCUT2D eigenvalue weighted by atomic mass is 16.6. The Kier molecular flexibility index (Phi) is 9.30. The van der Waals surface area contributed by atoms with Gasteiger partial charge in [0.05, 0.1) is 36.5 Å². The zero-order valence-corrected chi connectivity index (χ0v) is 16.3. The molecule has 0 saturated heterocycles. The van der Waals surface area contributed by atoms with E-state index in [0.717, 1.165) is 0 Å². The van der Waals surface area contributed by atoms with E-state index in [9.17, 15) is 19.8 Å². The van der Waals surface area contributed by atoms with Gasteiger partial charge in [0, 0.05) is 6.42 Å². The van der Waals surface area contributed by atoms with E-state index in [-0.39, 0.29) is 26.2 Å². The van der Waals surface area contributed by atoms with E-state index in [1.54, 1.807) is 67.6 Å². The summed E-state index contributed by atoms with van der Waals surface area (Å²) in [6.07, 6.45) is -2.12. The fourth-order valence-electron chi connectivity index (χ4n) is 2.53. The van der Waals surface area contributed by atoms with E-state index in [2.05, 4.69) is 0 Å². The fraction of sp³-hybridized carbons (Fsp3) is 0.364. The molecule has 0 amide bonds. The summed E-state index contributed by atoms with van der Waals surface area (Å²) in [5.41, 5.74) is 0.738. The molecule has 2 rings (SSSR count). The molecule has 0 aliphatic heterocycles. The molecule has 0 fully saturated rings. The molecule has 0 aliphatic carbocycles. The van der Waals surface area contributed by atoms with Crippen molar-refractivity contribution in [3.05, 3.63) is 71.8 Å². The van der Waals surface area contributed by atoms with Crippen LogP contribution < -0.4 is 0 Å². The molecule has 0 radical (unpaired) electrons. The monoisotopic (exact) mass is 402 g/mol. The van der Waals surface area contributed by atoms with Crippen LogP contribution in [0.5, 0.6) is 0 Å². The average molecular weight is 402 g/mol. The minimum Gasteiger partial charge on any atom is -0.458 e. The SMILES string of the molecule is CC(O)COC(CO)CC(COC(=O)c1ccccc1)OC(=O)c1ccccc1. The molecule has 0 bridgehead atoms. The third kappa shape index (κ3) is 8.03. The van der Waals surface area contributed by atoms with Crippen molar-refractivity contribution >= 4 is 11.9 Å². The molecule has 0 aromatic heterocycles. The van der Waals surface area contributed by atoms with Gasteiger partial charge < -0.3 is 24.4 Å². The Bertz CT molecular complexity index is 746. The molecule has 2 aromatic carbocycles. The number of hydrogen-bond acceptors (Lipinski definition) is 7. The van der Waals surface area contributed by atoms with E-state index in [4.69, 9.17) is 14.2 Å².